The van der Waals surface area contributed by atoms with E-state index in [0.29, 0.717) is 17.9 Å². The largest absolute Gasteiger partial charge is 0.462 e. The first-order valence-corrected chi connectivity index (χ1v) is 6.47. The van der Waals surface area contributed by atoms with Crippen LogP contribution in [0.15, 0.2) is 11.0 Å². The van der Waals surface area contributed by atoms with Crippen molar-refractivity contribution in [1.82, 2.24) is 14.6 Å². The highest BCUT2D eigenvalue weighted by atomic mass is 16.5. The lowest BCUT2D eigenvalue weighted by molar-refractivity contribution is 0.0507. The molecular formula is C13H17N3O4. The Balaban J connectivity index is 2.52. The molecule has 0 aliphatic heterocycles. The van der Waals surface area contributed by atoms with Crippen LogP contribution in [0.3, 0.4) is 0 Å². The van der Waals surface area contributed by atoms with Crippen molar-refractivity contribution in [3.63, 3.8) is 0 Å². The summed E-state index contributed by atoms with van der Waals surface area (Å²) >= 11 is 0. The van der Waals surface area contributed by atoms with Gasteiger partial charge in [-0.15, -0.1) is 0 Å². The van der Waals surface area contributed by atoms with Gasteiger partial charge in [-0.2, -0.15) is 0 Å². The first kappa shape index (κ1) is 14.3. The summed E-state index contributed by atoms with van der Waals surface area (Å²) in [6.07, 6.45) is 2.36. The summed E-state index contributed by atoms with van der Waals surface area (Å²) in [4.78, 5) is 28.4. The maximum absolute atomic E-state index is 12.2. The SMILES string of the molecule is CCCOC(=O)c1c[nH]n2c(=O)c(CCO)c(C)nc12. The van der Waals surface area contributed by atoms with Crippen LogP contribution in [0.5, 0.6) is 0 Å². The summed E-state index contributed by atoms with van der Waals surface area (Å²) in [6, 6.07) is 0. The molecule has 7 heteroatoms. The van der Waals surface area contributed by atoms with Crippen molar-refractivity contribution in [2.45, 2.75) is 26.7 Å². The van der Waals surface area contributed by atoms with Crippen molar-refractivity contribution in [3.8, 4) is 0 Å². The van der Waals surface area contributed by atoms with E-state index in [2.05, 4.69) is 10.1 Å². The van der Waals surface area contributed by atoms with Gasteiger partial charge in [0.1, 0.15) is 5.56 Å². The number of carbonyl (C=O) groups excluding carboxylic acids is 1. The maximum atomic E-state index is 12.2. The van der Waals surface area contributed by atoms with Crippen molar-refractivity contribution in [2.75, 3.05) is 13.2 Å². The van der Waals surface area contributed by atoms with Crippen LogP contribution < -0.4 is 5.56 Å². The molecule has 2 N–H and O–H groups in total. The third-order valence-electron chi connectivity index (χ3n) is 2.98. The van der Waals surface area contributed by atoms with Crippen LogP contribution in [-0.4, -0.2) is 38.9 Å². The molecule has 0 amide bonds. The summed E-state index contributed by atoms with van der Waals surface area (Å²) in [7, 11) is 0. The average Bonchev–Trinajstić information content (AvgIpc) is 2.84. The number of aryl methyl sites for hydroxylation is 1. The monoisotopic (exact) mass is 279 g/mol. The Morgan fingerprint density at radius 2 is 2.30 bits per heavy atom. The quantitative estimate of drug-likeness (QED) is 0.774. The van der Waals surface area contributed by atoms with E-state index in [1.807, 2.05) is 6.92 Å². The Morgan fingerprint density at radius 3 is 2.95 bits per heavy atom. The number of hydrogen-bond donors (Lipinski definition) is 2. The third-order valence-corrected chi connectivity index (χ3v) is 2.98. The summed E-state index contributed by atoms with van der Waals surface area (Å²) in [5.41, 5.74) is 1.11. The van der Waals surface area contributed by atoms with Crippen molar-refractivity contribution >= 4 is 11.6 Å². The zero-order valence-electron chi connectivity index (χ0n) is 11.5. The number of aromatic nitrogens is 3. The molecule has 108 valence electrons. The van der Waals surface area contributed by atoms with E-state index in [0.717, 1.165) is 6.42 Å². The lowest BCUT2D eigenvalue weighted by atomic mass is 10.2. The van der Waals surface area contributed by atoms with Crippen LogP contribution in [-0.2, 0) is 11.2 Å². The van der Waals surface area contributed by atoms with Gasteiger partial charge in [-0.05, 0) is 13.3 Å². The number of aliphatic hydroxyl groups is 1. The van der Waals surface area contributed by atoms with E-state index in [-0.39, 0.29) is 29.8 Å². The highest BCUT2D eigenvalue weighted by Gasteiger charge is 2.18. The number of fused-ring (bicyclic) bond motifs is 1. The molecule has 0 aliphatic rings. The number of nitrogens with zero attached hydrogens (tertiary/aromatic N) is 2. The molecule has 7 nitrogen and oxygen atoms in total. The molecule has 0 aliphatic carbocycles. The molecule has 0 saturated heterocycles. The molecule has 0 aromatic carbocycles. The van der Waals surface area contributed by atoms with Gasteiger partial charge in [-0.3, -0.25) is 9.89 Å². The molecule has 20 heavy (non-hydrogen) atoms. The molecule has 0 fully saturated rings. The zero-order valence-corrected chi connectivity index (χ0v) is 11.5. The van der Waals surface area contributed by atoms with Crippen molar-refractivity contribution in [2.24, 2.45) is 0 Å². The number of carbonyl (C=O) groups is 1. The van der Waals surface area contributed by atoms with Crippen LogP contribution in [0.1, 0.15) is 35.0 Å². The molecule has 0 radical (unpaired) electrons. The van der Waals surface area contributed by atoms with Gasteiger partial charge in [0.05, 0.1) is 6.61 Å². The average molecular weight is 279 g/mol. The van der Waals surface area contributed by atoms with Gasteiger partial charge < -0.3 is 9.84 Å². The Kier molecular flexibility index (Phi) is 4.19. The maximum Gasteiger partial charge on any atom is 0.343 e. The second-order valence-corrected chi connectivity index (χ2v) is 4.44. The molecular weight excluding hydrogens is 262 g/mol. The lowest BCUT2D eigenvalue weighted by Crippen LogP contribution is -2.23. The molecule has 0 bridgehead atoms. The minimum atomic E-state index is -0.508. The van der Waals surface area contributed by atoms with Gasteiger partial charge in [0.2, 0.25) is 0 Å². The highest BCUT2D eigenvalue weighted by molar-refractivity contribution is 5.95. The number of hydrogen-bond acceptors (Lipinski definition) is 5. The normalized spacial score (nSPS) is 10.9. The number of esters is 1. The van der Waals surface area contributed by atoms with Gasteiger partial charge in [0, 0.05) is 30.5 Å². The molecule has 0 unspecified atom stereocenters. The van der Waals surface area contributed by atoms with E-state index in [1.165, 1.54) is 10.7 Å². The van der Waals surface area contributed by atoms with Crippen LogP contribution in [0.25, 0.3) is 5.65 Å². The molecule has 2 aromatic rings. The zero-order chi connectivity index (χ0) is 14.7. The van der Waals surface area contributed by atoms with Crippen molar-refractivity contribution in [1.29, 1.82) is 0 Å². The van der Waals surface area contributed by atoms with Crippen LogP contribution in [0.4, 0.5) is 0 Å². The predicted molar refractivity (Wildman–Crippen MR) is 71.9 cm³/mol. The second-order valence-electron chi connectivity index (χ2n) is 4.44. The summed E-state index contributed by atoms with van der Waals surface area (Å²) in [5, 5.41) is 11.7. The van der Waals surface area contributed by atoms with Gasteiger partial charge in [0.25, 0.3) is 5.56 Å². The van der Waals surface area contributed by atoms with Crippen LogP contribution >= 0.6 is 0 Å². The second kappa shape index (κ2) is 5.87. The predicted octanol–water partition coefficient (Wildman–Crippen LogP) is 0.433. The molecule has 0 atom stereocenters. The number of H-pyrrole nitrogens is 1. The Hall–Kier alpha value is -2.15. The Bertz CT molecular complexity index is 687. The lowest BCUT2D eigenvalue weighted by Gasteiger charge is -2.05. The van der Waals surface area contributed by atoms with Crippen LogP contribution in [0.2, 0.25) is 0 Å². The minimum absolute atomic E-state index is 0.129. The number of aliphatic hydroxyl groups excluding tert-OH is 1. The first-order valence-electron chi connectivity index (χ1n) is 6.47. The number of rotatable bonds is 5. The molecule has 2 rings (SSSR count). The van der Waals surface area contributed by atoms with Gasteiger partial charge in [0.15, 0.2) is 5.65 Å². The topological polar surface area (TPSA) is 96.7 Å². The van der Waals surface area contributed by atoms with E-state index < -0.39 is 5.97 Å². The fourth-order valence-electron chi connectivity index (χ4n) is 1.98. The standard InChI is InChI=1S/C13H17N3O4/c1-3-6-20-13(19)10-7-14-16-11(10)15-8(2)9(4-5-17)12(16)18/h7,14,17H,3-6H2,1-2H3. The van der Waals surface area contributed by atoms with Crippen LogP contribution in [0, 0.1) is 6.92 Å². The molecule has 2 aromatic heterocycles. The van der Waals surface area contributed by atoms with Gasteiger partial charge >= 0.3 is 5.97 Å². The Labute approximate surface area is 115 Å². The molecule has 2 heterocycles. The van der Waals surface area contributed by atoms with Crippen molar-refractivity contribution in [3.05, 3.63) is 33.4 Å². The highest BCUT2D eigenvalue weighted by Crippen LogP contribution is 2.11. The van der Waals surface area contributed by atoms with Gasteiger partial charge in [-0.25, -0.2) is 14.3 Å². The number of ether oxygens (including phenoxy) is 1. The fraction of sp³-hybridized carbons (Fsp3) is 0.462. The molecule has 0 spiro atoms. The van der Waals surface area contributed by atoms with Gasteiger partial charge in [-0.1, -0.05) is 6.92 Å². The van der Waals surface area contributed by atoms with E-state index in [1.54, 1.807) is 6.92 Å². The number of aromatic amines is 1. The first-order chi connectivity index (χ1) is 9.60. The van der Waals surface area contributed by atoms with E-state index in [4.69, 9.17) is 9.84 Å². The third kappa shape index (κ3) is 2.44. The minimum Gasteiger partial charge on any atom is -0.462 e. The Morgan fingerprint density at radius 1 is 1.55 bits per heavy atom. The number of nitrogens with one attached hydrogen (secondary N) is 1. The fourth-order valence-corrected chi connectivity index (χ4v) is 1.98. The summed E-state index contributed by atoms with van der Waals surface area (Å²) in [5.74, 6) is -0.508. The van der Waals surface area contributed by atoms with E-state index in [9.17, 15) is 9.59 Å². The smallest absolute Gasteiger partial charge is 0.343 e. The van der Waals surface area contributed by atoms with Crippen molar-refractivity contribution < 1.29 is 14.6 Å². The summed E-state index contributed by atoms with van der Waals surface area (Å²) in [6.45, 7) is 3.77. The van der Waals surface area contributed by atoms with E-state index >= 15 is 0 Å². The summed E-state index contributed by atoms with van der Waals surface area (Å²) < 4.78 is 6.24. The molecule has 0 saturated carbocycles.